The standard InChI is InChI=1S/C25H24FN5O2/c1-16-9-10-27-21(12-16)25(32)30-11-3-4-18(14-30)24-28-23-8-5-17(15-31(23)29-24)20-13-19(26)6-7-22(20)33-2/h5-10,12-13,15,18H,3-4,11,14H2,1-2H3/t18-/m0/s1. The van der Waals surface area contributed by atoms with Crippen molar-refractivity contribution in [3.8, 4) is 16.9 Å². The van der Waals surface area contributed by atoms with E-state index < -0.39 is 0 Å². The number of aromatic nitrogens is 4. The zero-order valence-corrected chi connectivity index (χ0v) is 18.5. The first-order chi connectivity index (χ1) is 16.0. The predicted octanol–water partition coefficient (Wildman–Crippen LogP) is 4.27. The summed E-state index contributed by atoms with van der Waals surface area (Å²) >= 11 is 0. The number of ether oxygens (including phenoxy) is 1. The SMILES string of the molecule is COc1ccc(F)cc1-c1ccc2nc([C@H]3CCCN(C(=O)c4cc(C)ccn4)C3)nn2c1. The first-order valence-corrected chi connectivity index (χ1v) is 10.9. The van der Waals surface area contributed by atoms with Crippen LogP contribution in [0.15, 0.2) is 54.9 Å². The molecule has 3 aromatic heterocycles. The van der Waals surface area contributed by atoms with Gasteiger partial charge in [0, 0.05) is 42.5 Å². The van der Waals surface area contributed by atoms with E-state index in [1.54, 1.807) is 23.9 Å². The van der Waals surface area contributed by atoms with E-state index in [0.717, 1.165) is 24.0 Å². The minimum Gasteiger partial charge on any atom is -0.496 e. The van der Waals surface area contributed by atoms with Crippen molar-refractivity contribution in [2.75, 3.05) is 20.2 Å². The molecule has 0 bridgehead atoms. The second-order valence-electron chi connectivity index (χ2n) is 8.34. The van der Waals surface area contributed by atoms with E-state index in [1.165, 1.54) is 12.1 Å². The highest BCUT2D eigenvalue weighted by molar-refractivity contribution is 5.92. The second kappa shape index (κ2) is 8.61. The van der Waals surface area contributed by atoms with Crippen LogP contribution in [0.3, 0.4) is 0 Å². The fourth-order valence-electron chi connectivity index (χ4n) is 4.33. The lowest BCUT2D eigenvalue weighted by Gasteiger charge is -2.31. The molecule has 5 rings (SSSR count). The molecule has 1 aliphatic rings. The third-order valence-corrected chi connectivity index (χ3v) is 6.03. The molecule has 1 amide bonds. The van der Waals surface area contributed by atoms with E-state index in [4.69, 9.17) is 14.8 Å². The number of likely N-dealkylation sites (tertiary alicyclic amines) is 1. The van der Waals surface area contributed by atoms with Crippen molar-refractivity contribution in [2.24, 2.45) is 0 Å². The third kappa shape index (κ3) is 4.16. The van der Waals surface area contributed by atoms with Crippen molar-refractivity contribution in [2.45, 2.75) is 25.7 Å². The minimum absolute atomic E-state index is 0.0413. The van der Waals surface area contributed by atoms with E-state index in [1.807, 2.05) is 42.3 Å². The number of rotatable bonds is 4. The van der Waals surface area contributed by atoms with Crippen LogP contribution in [0.25, 0.3) is 16.8 Å². The summed E-state index contributed by atoms with van der Waals surface area (Å²) in [5.74, 6) is 0.933. The zero-order valence-electron chi connectivity index (χ0n) is 18.5. The summed E-state index contributed by atoms with van der Waals surface area (Å²) < 4.78 is 20.9. The lowest BCUT2D eigenvalue weighted by molar-refractivity contribution is 0.0698. The van der Waals surface area contributed by atoms with Crippen molar-refractivity contribution in [3.05, 3.63) is 77.8 Å². The van der Waals surface area contributed by atoms with Gasteiger partial charge in [-0.25, -0.2) is 13.9 Å². The number of nitrogens with zero attached hydrogens (tertiary/aromatic N) is 5. The Morgan fingerprint density at radius 3 is 2.88 bits per heavy atom. The van der Waals surface area contributed by atoms with Crippen molar-refractivity contribution < 1.29 is 13.9 Å². The van der Waals surface area contributed by atoms with Crippen LogP contribution < -0.4 is 4.74 Å². The molecule has 0 aliphatic carbocycles. The maximum absolute atomic E-state index is 13.8. The van der Waals surface area contributed by atoms with Crippen molar-refractivity contribution in [1.82, 2.24) is 24.5 Å². The monoisotopic (exact) mass is 445 g/mol. The molecular weight excluding hydrogens is 421 g/mol. The summed E-state index contributed by atoms with van der Waals surface area (Å²) in [4.78, 5) is 23.8. The van der Waals surface area contributed by atoms with Gasteiger partial charge in [0.25, 0.3) is 5.91 Å². The number of methoxy groups -OCH3 is 1. The number of amides is 1. The Balaban J connectivity index is 1.41. The summed E-state index contributed by atoms with van der Waals surface area (Å²) in [6.07, 6.45) is 5.28. The molecule has 4 heterocycles. The van der Waals surface area contributed by atoms with Gasteiger partial charge in [0.05, 0.1) is 7.11 Å². The van der Waals surface area contributed by atoms with Crippen LogP contribution in [0.2, 0.25) is 0 Å². The maximum atomic E-state index is 13.8. The first-order valence-electron chi connectivity index (χ1n) is 10.9. The Bertz CT molecular complexity index is 1340. The summed E-state index contributed by atoms with van der Waals surface area (Å²) in [6.45, 7) is 3.20. The van der Waals surface area contributed by atoms with E-state index in [9.17, 15) is 9.18 Å². The van der Waals surface area contributed by atoms with Crippen LogP contribution in [0, 0.1) is 12.7 Å². The van der Waals surface area contributed by atoms with Crippen molar-refractivity contribution in [3.63, 3.8) is 0 Å². The van der Waals surface area contributed by atoms with Crippen molar-refractivity contribution in [1.29, 1.82) is 0 Å². The highest BCUT2D eigenvalue weighted by atomic mass is 19.1. The molecule has 1 saturated heterocycles. The largest absolute Gasteiger partial charge is 0.496 e. The van der Waals surface area contributed by atoms with E-state index in [0.29, 0.717) is 41.6 Å². The second-order valence-corrected chi connectivity index (χ2v) is 8.34. The lowest BCUT2D eigenvalue weighted by atomic mass is 9.97. The van der Waals surface area contributed by atoms with Gasteiger partial charge in [-0.15, -0.1) is 0 Å². The van der Waals surface area contributed by atoms with Gasteiger partial charge in [0.15, 0.2) is 11.5 Å². The lowest BCUT2D eigenvalue weighted by Crippen LogP contribution is -2.39. The van der Waals surface area contributed by atoms with Gasteiger partial charge in [-0.05, 0) is 67.8 Å². The van der Waals surface area contributed by atoms with Gasteiger partial charge < -0.3 is 9.64 Å². The van der Waals surface area contributed by atoms with Crippen LogP contribution in [-0.2, 0) is 0 Å². The van der Waals surface area contributed by atoms with E-state index in [-0.39, 0.29) is 17.6 Å². The van der Waals surface area contributed by atoms with Crippen LogP contribution >= 0.6 is 0 Å². The summed E-state index contributed by atoms with van der Waals surface area (Å²) in [7, 11) is 1.56. The fourth-order valence-corrected chi connectivity index (χ4v) is 4.33. The number of carbonyl (C=O) groups excluding carboxylic acids is 1. The maximum Gasteiger partial charge on any atom is 0.272 e. The molecule has 0 unspecified atom stereocenters. The summed E-state index contributed by atoms with van der Waals surface area (Å²) in [5, 5.41) is 4.70. The average Bonchev–Trinajstić information content (AvgIpc) is 3.27. The van der Waals surface area contributed by atoms with Crippen LogP contribution in [0.1, 0.15) is 40.6 Å². The van der Waals surface area contributed by atoms with Gasteiger partial charge in [-0.1, -0.05) is 0 Å². The summed E-state index contributed by atoms with van der Waals surface area (Å²) in [6, 6.07) is 11.9. The quantitative estimate of drug-likeness (QED) is 0.469. The number of pyridine rings is 2. The number of fused-ring (bicyclic) bond motifs is 1. The van der Waals surface area contributed by atoms with Gasteiger partial charge in [-0.3, -0.25) is 9.78 Å². The number of halogens is 1. The van der Waals surface area contributed by atoms with Gasteiger partial charge in [0.2, 0.25) is 0 Å². The van der Waals surface area contributed by atoms with E-state index >= 15 is 0 Å². The molecule has 33 heavy (non-hydrogen) atoms. The minimum atomic E-state index is -0.333. The highest BCUT2D eigenvalue weighted by Gasteiger charge is 2.28. The fraction of sp³-hybridized carbons (Fsp3) is 0.280. The summed E-state index contributed by atoms with van der Waals surface area (Å²) in [5.41, 5.74) is 3.60. The molecule has 0 spiro atoms. The van der Waals surface area contributed by atoms with Crippen LogP contribution in [0.5, 0.6) is 5.75 Å². The van der Waals surface area contributed by atoms with Crippen LogP contribution in [0.4, 0.5) is 4.39 Å². The predicted molar refractivity (Wildman–Crippen MR) is 122 cm³/mol. The Labute approximate surface area is 190 Å². The Hall–Kier alpha value is -3.81. The normalized spacial score (nSPS) is 16.2. The number of hydrogen-bond acceptors (Lipinski definition) is 5. The first kappa shape index (κ1) is 21.1. The average molecular weight is 445 g/mol. The third-order valence-electron chi connectivity index (χ3n) is 6.03. The topological polar surface area (TPSA) is 72.6 Å². The molecule has 8 heteroatoms. The number of hydrogen-bond donors (Lipinski definition) is 0. The Kier molecular flexibility index (Phi) is 5.50. The molecular formula is C25H24FN5O2. The molecule has 7 nitrogen and oxygen atoms in total. The molecule has 1 aliphatic heterocycles. The number of benzene rings is 1. The number of aryl methyl sites for hydroxylation is 1. The van der Waals surface area contributed by atoms with Gasteiger partial charge in [-0.2, -0.15) is 5.10 Å². The smallest absolute Gasteiger partial charge is 0.272 e. The molecule has 1 aromatic carbocycles. The molecule has 168 valence electrons. The van der Waals surface area contributed by atoms with Gasteiger partial charge in [0.1, 0.15) is 17.3 Å². The highest BCUT2D eigenvalue weighted by Crippen LogP contribution is 2.31. The molecule has 0 radical (unpaired) electrons. The molecule has 4 aromatic rings. The van der Waals surface area contributed by atoms with Gasteiger partial charge >= 0.3 is 0 Å². The van der Waals surface area contributed by atoms with Crippen molar-refractivity contribution >= 4 is 11.6 Å². The molecule has 0 N–H and O–H groups in total. The number of carbonyl (C=O) groups is 1. The Morgan fingerprint density at radius 1 is 1.18 bits per heavy atom. The van der Waals surface area contributed by atoms with E-state index in [2.05, 4.69) is 4.98 Å². The molecule has 1 atom stereocenters. The molecule has 0 saturated carbocycles. The Morgan fingerprint density at radius 2 is 2.06 bits per heavy atom. The zero-order chi connectivity index (χ0) is 22.9. The number of piperidine rings is 1. The van der Waals surface area contributed by atoms with Crippen LogP contribution in [-0.4, -0.2) is 50.6 Å². The molecule has 1 fully saturated rings.